The molecule has 1 aromatic heterocycles. The molecule has 0 atom stereocenters. The van der Waals surface area contributed by atoms with Crippen molar-refractivity contribution in [1.82, 2.24) is 15.4 Å². The average molecular weight is 332 g/mol. The maximum absolute atomic E-state index is 5.45. The third kappa shape index (κ3) is 4.37. The van der Waals surface area contributed by atoms with Gasteiger partial charge in [-0.1, -0.05) is 37.7 Å². The van der Waals surface area contributed by atoms with E-state index < -0.39 is 0 Å². The van der Waals surface area contributed by atoms with Crippen molar-refractivity contribution < 1.29 is 4.52 Å². The third-order valence-electron chi connectivity index (χ3n) is 5.04. The highest BCUT2D eigenvalue weighted by atomic mass is 16.5. The molecule has 3 rings (SSSR count). The van der Waals surface area contributed by atoms with Crippen LogP contribution in [0.1, 0.15) is 69.4 Å². The van der Waals surface area contributed by atoms with E-state index in [0.717, 1.165) is 23.1 Å². The van der Waals surface area contributed by atoms with Gasteiger partial charge in [0.2, 0.25) is 0 Å². The summed E-state index contributed by atoms with van der Waals surface area (Å²) in [4.78, 5) is 2.68. The quantitative estimate of drug-likeness (QED) is 0.892. The van der Waals surface area contributed by atoms with E-state index in [0.29, 0.717) is 5.92 Å². The van der Waals surface area contributed by atoms with E-state index >= 15 is 0 Å². The molecule has 0 unspecified atom stereocenters. The van der Waals surface area contributed by atoms with E-state index in [1.807, 2.05) is 26.8 Å². The lowest BCUT2D eigenvalue weighted by Crippen LogP contribution is -2.46. The summed E-state index contributed by atoms with van der Waals surface area (Å²) in [7, 11) is 0. The molecule has 2 aliphatic heterocycles. The Kier molecular flexibility index (Phi) is 7.73. The average Bonchev–Trinajstić information content (AvgIpc) is 3.07. The van der Waals surface area contributed by atoms with Crippen LogP contribution < -0.4 is 5.32 Å². The van der Waals surface area contributed by atoms with Gasteiger partial charge in [-0.05, 0) is 64.9 Å². The molecule has 0 spiro atoms. The maximum atomic E-state index is 5.45. The summed E-state index contributed by atoms with van der Waals surface area (Å²) < 4.78 is 5.45. The smallest absolute Gasteiger partial charge is 0.166 e. The summed E-state index contributed by atoms with van der Waals surface area (Å²) in [5.74, 6) is 1.32. The van der Waals surface area contributed by atoms with Gasteiger partial charge in [-0.25, -0.2) is 0 Å². The summed E-state index contributed by atoms with van der Waals surface area (Å²) >= 11 is 0. The van der Waals surface area contributed by atoms with Crippen LogP contribution in [0.2, 0.25) is 0 Å². The van der Waals surface area contributed by atoms with E-state index in [1.165, 1.54) is 51.9 Å². The fraction of sp³-hybridized carbons (Fsp3) is 0.650. The van der Waals surface area contributed by atoms with Gasteiger partial charge in [0, 0.05) is 17.5 Å². The second kappa shape index (κ2) is 9.80. The predicted molar refractivity (Wildman–Crippen MR) is 102 cm³/mol. The van der Waals surface area contributed by atoms with Crippen molar-refractivity contribution in [2.24, 2.45) is 0 Å². The summed E-state index contributed by atoms with van der Waals surface area (Å²) in [5.41, 5.74) is 2.25. The standard InChI is InChI=1S/C18H27N3O.C2H6/c1-3-5-16-17(4-2)22-20-18(16)14-8-12-21(13-9-14)15-6-10-19-11-7-15;1-2/h3-5,14-15,19H,2,6-13H2,1H3;1-2H3/b5-3-;. The van der Waals surface area contributed by atoms with Crippen LogP contribution in [0.15, 0.2) is 17.2 Å². The SMILES string of the molecule is C=Cc1onc(C2CCN(C3CCNCC3)CC2)c1/C=C\C.CC. The van der Waals surface area contributed by atoms with Crippen LogP contribution in [0.4, 0.5) is 0 Å². The van der Waals surface area contributed by atoms with E-state index in [9.17, 15) is 0 Å². The summed E-state index contributed by atoms with van der Waals surface area (Å²) in [5, 5.41) is 7.79. The molecule has 4 nitrogen and oxygen atoms in total. The molecule has 0 radical (unpaired) electrons. The lowest BCUT2D eigenvalue weighted by atomic mass is 9.89. The molecule has 4 heteroatoms. The third-order valence-corrected chi connectivity index (χ3v) is 5.04. The van der Waals surface area contributed by atoms with E-state index in [-0.39, 0.29) is 0 Å². The van der Waals surface area contributed by atoms with Gasteiger partial charge in [0.05, 0.1) is 5.69 Å². The number of aromatic nitrogens is 1. The van der Waals surface area contributed by atoms with Gasteiger partial charge in [-0.2, -0.15) is 0 Å². The molecular weight excluding hydrogens is 298 g/mol. The van der Waals surface area contributed by atoms with Crippen molar-refractivity contribution in [3.63, 3.8) is 0 Å². The van der Waals surface area contributed by atoms with Gasteiger partial charge < -0.3 is 14.7 Å². The summed E-state index contributed by atoms with van der Waals surface area (Å²) in [6.45, 7) is 14.6. The highest BCUT2D eigenvalue weighted by Gasteiger charge is 2.29. The van der Waals surface area contributed by atoms with Crippen LogP contribution in [0.25, 0.3) is 12.2 Å². The Bertz CT molecular complexity index is 521. The summed E-state index contributed by atoms with van der Waals surface area (Å²) in [6, 6.07) is 0.776. The molecule has 0 amide bonds. The van der Waals surface area contributed by atoms with Crippen molar-refractivity contribution in [2.45, 2.75) is 58.4 Å². The minimum Gasteiger partial charge on any atom is -0.356 e. The van der Waals surface area contributed by atoms with Crippen LogP contribution in [0.5, 0.6) is 0 Å². The number of rotatable bonds is 4. The van der Waals surface area contributed by atoms with Crippen molar-refractivity contribution >= 4 is 12.2 Å². The van der Waals surface area contributed by atoms with Gasteiger partial charge in [-0.15, -0.1) is 0 Å². The number of piperidine rings is 2. The Morgan fingerprint density at radius 3 is 2.42 bits per heavy atom. The highest BCUT2D eigenvalue weighted by Crippen LogP contribution is 2.33. The van der Waals surface area contributed by atoms with E-state index in [4.69, 9.17) is 4.52 Å². The molecule has 1 N–H and O–H groups in total. The van der Waals surface area contributed by atoms with Crippen LogP contribution in [-0.2, 0) is 0 Å². The first-order chi connectivity index (χ1) is 11.8. The first-order valence-electron chi connectivity index (χ1n) is 9.53. The number of hydrogen-bond donors (Lipinski definition) is 1. The molecule has 1 aromatic rings. The minimum atomic E-state index is 0.515. The van der Waals surface area contributed by atoms with Crippen LogP contribution in [0, 0.1) is 0 Å². The van der Waals surface area contributed by atoms with Gasteiger partial charge in [0.15, 0.2) is 5.76 Å². The first-order valence-corrected chi connectivity index (χ1v) is 9.53. The Morgan fingerprint density at radius 2 is 1.83 bits per heavy atom. The van der Waals surface area contributed by atoms with Crippen molar-refractivity contribution in [2.75, 3.05) is 26.2 Å². The Balaban J connectivity index is 0.00000100. The normalized spacial score (nSPS) is 20.8. The lowest BCUT2D eigenvalue weighted by Gasteiger charge is -2.39. The Morgan fingerprint density at radius 1 is 1.17 bits per heavy atom. The minimum absolute atomic E-state index is 0.515. The van der Waals surface area contributed by atoms with E-state index in [1.54, 1.807) is 6.08 Å². The molecule has 24 heavy (non-hydrogen) atoms. The van der Waals surface area contributed by atoms with Crippen LogP contribution in [0.3, 0.4) is 0 Å². The monoisotopic (exact) mass is 331 g/mol. The van der Waals surface area contributed by atoms with Crippen LogP contribution in [-0.4, -0.2) is 42.3 Å². The van der Waals surface area contributed by atoms with Gasteiger partial charge in [0.1, 0.15) is 0 Å². The number of nitrogens with zero attached hydrogens (tertiary/aromatic N) is 2. The zero-order chi connectivity index (χ0) is 17.4. The topological polar surface area (TPSA) is 41.3 Å². The number of likely N-dealkylation sites (tertiary alicyclic amines) is 1. The zero-order valence-electron chi connectivity index (χ0n) is 15.6. The number of allylic oxidation sites excluding steroid dienone is 1. The van der Waals surface area contributed by atoms with Crippen molar-refractivity contribution in [1.29, 1.82) is 0 Å². The van der Waals surface area contributed by atoms with Gasteiger partial charge >= 0.3 is 0 Å². The molecule has 0 aliphatic carbocycles. The molecule has 2 aliphatic rings. The van der Waals surface area contributed by atoms with Gasteiger partial charge in [0.25, 0.3) is 0 Å². The number of hydrogen-bond acceptors (Lipinski definition) is 4. The first kappa shape index (κ1) is 18.9. The fourth-order valence-corrected chi connectivity index (χ4v) is 3.81. The Labute approximate surface area is 147 Å². The Hall–Kier alpha value is -1.39. The summed E-state index contributed by atoms with van der Waals surface area (Å²) in [6.07, 6.45) is 10.8. The molecule has 134 valence electrons. The second-order valence-corrected chi connectivity index (χ2v) is 6.34. The highest BCUT2D eigenvalue weighted by molar-refractivity contribution is 5.62. The fourth-order valence-electron chi connectivity index (χ4n) is 3.81. The largest absolute Gasteiger partial charge is 0.356 e. The lowest BCUT2D eigenvalue weighted by molar-refractivity contribution is 0.125. The molecule has 0 aromatic carbocycles. The zero-order valence-corrected chi connectivity index (χ0v) is 15.6. The molecule has 0 saturated carbocycles. The molecule has 2 saturated heterocycles. The molecule has 0 bridgehead atoms. The maximum Gasteiger partial charge on any atom is 0.166 e. The van der Waals surface area contributed by atoms with E-state index in [2.05, 4.69) is 28.0 Å². The number of nitrogens with one attached hydrogen (secondary N) is 1. The molecular formula is C20H33N3O. The van der Waals surface area contributed by atoms with Crippen molar-refractivity contribution in [3.8, 4) is 0 Å². The van der Waals surface area contributed by atoms with Crippen LogP contribution >= 0.6 is 0 Å². The van der Waals surface area contributed by atoms with Gasteiger partial charge in [-0.3, -0.25) is 0 Å². The molecule has 2 fully saturated rings. The predicted octanol–water partition coefficient (Wildman–Crippen LogP) is 4.31. The molecule has 3 heterocycles. The van der Waals surface area contributed by atoms with Crippen molar-refractivity contribution in [3.05, 3.63) is 29.7 Å². The second-order valence-electron chi connectivity index (χ2n) is 6.34.